The standard InChI is InChI=1S/C16H16ClFN2O/c1-11(2)20(10-12-6-4-3-5-7-12)16(21)14-8-13(18)9-19-15(14)17/h3-9,11H,10H2,1-2H3. The molecule has 1 aromatic carbocycles. The SMILES string of the molecule is CC(C)N(Cc1ccccc1)C(=O)c1cc(F)cnc1Cl. The van der Waals surface area contributed by atoms with E-state index < -0.39 is 5.82 Å². The molecule has 0 atom stereocenters. The lowest BCUT2D eigenvalue weighted by Crippen LogP contribution is -2.36. The Balaban J connectivity index is 2.30. The van der Waals surface area contributed by atoms with Crippen LogP contribution < -0.4 is 0 Å². The summed E-state index contributed by atoms with van der Waals surface area (Å²) in [5, 5.41) is 0.0140. The zero-order valence-electron chi connectivity index (χ0n) is 11.9. The zero-order chi connectivity index (χ0) is 15.4. The van der Waals surface area contributed by atoms with Crippen LogP contribution in [0.15, 0.2) is 42.6 Å². The number of benzene rings is 1. The summed E-state index contributed by atoms with van der Waals surface area (Å²) < 4.78 is 13.3. The Morgan fingerprint density at radius 1 is 1.33 bits per heavy atom. The molecule has 0 bridgehead atoms. The lowest BCUT2D eigenvalue weighted by Gasteiger charge is -2.27. The first-order valence-corrected chi connectivity index (χ1v) is 7.02. The third-order valence-electron chi connectivity index (χ3n) is 3.12. The molecule has 21 heavy (non-hydrogen) atoms. The molecule has 110 valence electrons. The number of carbonyl (C=O) groups excluding carboxylic acids is 1. The van der Waals surface area contributed by atoms with Gasteiger partial charge in [0.15, 0.2) is 0 Å². The fraction of sp³-hybridized carbons (Fsp3) is 0.250. The van der Waals surface area contributed by atoms with Gasteiger partial charge in [0.05, 0.1) is 11.8 Å². The van der Waals surface area contributed by atoms with Gasteiger partial charge in [0.2, 0.25) is 0 Å². The quantitative estimate of drug-likeness (QED) is 0.802. The number of amides is 1. The fourth-order valence-corrected chi connectivity index (χ4v) is 2.18. The average molecular weight is 307 g/mol. The Morgan fingerprint density at radius 2 is 2.00 bits per heavy atom. The molecule has 0 saturated carbocycles. The number of halogens is 2. The van der Waals surface area contributed by atoms with Gasteiger partial charge in [0.1, 0.15) is 11.0 Å². The van der Waals surface area contributed by atoms with Gasteiger partial charge in [-0.2, -0.15) is 0 Å². The van der Waals surface area contributed by atoms with Crippen molar-refractivity contribution >= 4 is 17.5 Å². The van der Waals surface area contributed by atoms with Gasteiger partial charge in [0.25, 0.3) is 5.91 Å². The van der Waals surface area contributed by atoms with E-state index in [1.54, 1.807) is 4.90 Å². The number of carbonyl (C=O) groups is 1. The molecule has 2 aromatic rings. The van der Waals surface area contributed by atoms with Crippen molar-refractivity contribution in [3.63, 3.8) is 0 Å². The highest BCUT2D eigenvalue weighted by Gasteiger charge is 2.22. The zero-order valence-corrected chi connectivity index (χ0v) is 12.6. The topological polar surface area (TPSA) is 33.2 Å². The van der Waals surface area contributed by atoms with Crippen LogP contribution in [-0.2, 0) is 6.54 Å². The first-order valence-electron chi connectivity index (χ1n) is 6.65. The van der Waals surface area contributed by atoms with Gasteiger partial charge in [-0.15, -0.1) is 0 Å². The van der Waals surface area contributed by atoms with Crippen molar-refractivity contribution < 1.29 is 9.18 Å². The molecule has 0 spiro atoms. The number of hydrogen-bond acceptors (Lipinski definition) is 2. The summed E-state index contributed by atoms with van der Waals surface area (Å²) in [6.45, 7) is 4.24. The third-order valence-corrected chi connectivity index (χ3v) is 3.42. The van der Waals surface area contributed by atoms with Gasteiger partial charge in [-0.25, -0.2) is 9.37 Å². The molecule has 0 unspecified atom stereocenters. The smallest absolute Gasteiger partial charge is 0.257 e. The maximum Gasteiger partial charge on any atom is 0.257 e. The maximum atomic E-state index is 13.3. The van der Waals surface area contributed by atoms with E-state index in [1.165, 1.54) is 0 Å². The fourth-order valence-electron chi connectivity index (χ4n) is 2.00. The highest BCUT2D eigenvalue weighted by atomic mass is 35.5. The summed E-state index contributed by atoms with van der Waals surface area (Å²) in [6.07, 6.45) is 0.996. The average Bonchev–Trinajstić information content (AvgIpc) is 2.47. The highest BCUT2D eigenvalue weighted by Crippen LogP contribution is 2.19. The summed E-state index contributed by atoms with van der Waals surface area (Å²) in [6, 6.07) is 10.7. The molecule has 1 heterocycles. The third kappa shape index (κ3) is 3.79. The predicted molar refractivity (Wildman–Crippen MR) is 80.7 cm³/mol. The Hall–Kier alpha value is -1.94. The molecule has 0 saturated heterocycles. The van der Waals surface area contributed by atoms with E-state index >= 15 is 0 Å². The minimum atomic E-state index is -0.578. The van der Waals surface area contributed by atoms with Crippen LogP contribution in [0.2, 0.25) is 5.15 Å². The Bertz CT molecular complexity index is 631. The van der Waals surface area contributed by atoms with Crippen LogP contribution in [0.5, 0.6) is 0 Å². The Kier molecular flexibility index (Phi) is 4.91. The second-order valence-electron chi connectivity index (χ2n) is 5.00. The van der Waals surface area contributed by atoms with Crippen LogP contribution in [0, 0.1) is 5.82 Å². The van der Waals surface area contributed by atoms with E-state index in [2.05, 4.69) is 4.98 Å². The minimum absolute atomic E-state index is 0.0140. The largest absolute Gasteiger partial charge is 0.332 e. The van der Waals surface area contributed by atoms with Gasteiger partial charge in [-0.1, -0.05) is 41.9 Å². The molecular formula is C16H16ClFN2O. The number of rotatable bonds is 4. The summed E-state index contributed by atoms with van der Waals surface area (Å²) in [4.78, 5) is 17.9. The number of aromatic nitrogens is 1. The monoisotopic (exact) mass is 306 g/mol. The summed E-state index contributed by atoms with van der Waals surface area (Å²) >= 11 is 5.92. The molecule has 1 amide bonds. The van der Waals surface area contributed by atoms with Crippen molar-refractivity contribution in [3.05, 3.63) is 64.7 Å². The van der Waals surface area contributed by atoms with E-state index in [-0.39, 0.29) is 22.7 Å². The second kappa shape index (κ2) is 6.68. The van der Waals surface area contributed by atoms with E-state index in [1.807, 2.05) is 44.2 Å². The molecule has 3 nitrogen and oxygen atoms in total. The lowest BCUT2D eigenvalue weighted by molar-refractivity contribution is 0.0689. The number of pyridine rings is 1. The molecule has 0 fully saturated rings. The van der Waals surface area contributed by atoms with Crippen molar-refractivity contribution in [2.75, 3.05) is 0 Å². The normalized spacial score (nSPS) is 10.7. The molecule has 0 aliphatic heterocycles. The van der Waals surface area contributed by atoms with Gasteiger partial charge in [-0.3, -0.25) is 4.79 Å². The molecule has 0 aliphatic carbocycles. The van der Waals surface area contributed by atoms with Crippen molar-refractivity contribution in [1.29, 1.82) is 0 Å². The summed E-state index contributed by atoms with van der Waals surface area (Å²) in [5.74, 6) is -0.906. The van der Waals surface area contributed by atoms with Gasteiger partial charge < -0.3 is 4.90 Å². The van der Waals surface area contributed by atoms with Crippen LogP contribution in [-0.4, -0.2) is 21.8 Å². The number of hydrogen-bond donors (Lipinski definition) is 0. The summed E-state index contributed by atoms with van der Waals surface area (Å²) in [7, 11) is 0. The summed E-state index contributed by atoms with van der Waals surface area (Å²) in [5.41, 5.74) is 1.08. The second-order valence-corrected chi connectivity index (χ2v) is 5.36. The maximum absolute atomic E-state index is 13.3. The van der Waals surface area contributed by atoms with Gasteiger partial charge >= 0.3 is 0 Å². The van der Waals surface area contributed by atoms with Crippen molar-refractivity contribution in [1.82, 2.24) is 9.88 Å². The highest BCUT2D eigenvalue weighted by molar-refractivity contribution is 6.32. The Labute approximate surface area is 128 Å². The Morgan fingerprint density at radius 3 is 2.62 bits per heavy atom. The lowest BCUT2D eigenvalue weighted by atomic mass is 10.1. The van der Waals surface area contributed by atoms with Gasteiger partial charge in [-0.05, 0) is 25.5 Å². The predicted octanol–water partition coefficient (Wildman–Crippen LogP) is 3.92. The molecule has 0 radical (unpaired) electrons. The van der Waals surface area contributed by atoms with E-state index in [4.69, 9.17) is 11.6 Å². The van der Waals surface area contributed by atoms with Crippen LogP contribution in [0.1, 0.15) is 29.8 Å². The van der Waals surface area contributed by atoms with E-state index in [0.717, 1.165) is 17.8 Å². The van der Waals surface area contributed by atoms with E-state index in [9.17, 15) is 9.18 Å². The van der Waals surface area contributed by atoms with Crippen molar-refractivity contribution in [2.24, 2.45) is 0 Å². The molecule has 2 rings (SSSR count). The minimum Gasteiger partial charge on any atom is -0.332 e. The number of nitrogens with zero attached hydrogens (tertiary/aromatic N) is 2. The van der Waals surface area contributed by atoms with Crippen LogP contribution in [0.25, 0.3) is 0 Å². The molecule has 5 heteroatoms. The van der Waals surface area contributed by atoms with Gasteiger partial charge in [0, 0.05) is 12.6 Å². The molecule has 0 N–H and O–H groups in total. The molecule has 1 aromatic heterocycles. The van der Waals surface area contributed by atoms with E-state index in [0.29, 0.717) is 6.54 Å². The first kappa shape index (κ1) is 15.4. The van der Waals surface area contributed by atoms with Crippen LogP contribution >= 0.6 is 11.6 Å². The first-order chi connectivity index (χ1) is 9.99. The molecular weight excluding hydrogens is 291 g/mol. The van der Waals surface area contributed by atoms with Crippen LogP contribution in [0.4, 0.5) is 4.39 Å². The molecule has 0 aliphatic rings. The van der Waals surface area contributed by atoms with Crippen molar-refractivity contribution in [2.45, 2.75) is 26.4 Å². The van der Waals surface area contributed by atoms with Crippen molar-refractivity contribution in [3.8, 4) is 0 Å². The van der Waals surface area contributed by atoms with Crippen LogP contribution in [0.3, 0.4) is 0 Å².